The van der Waals surface area contributed by atoms with E-state index in [1.54, 1.807) is 30.5 Å². The summed E-state index contributed by atoms with van der Waals surface area (Å²) in [6, 6.07) is 6.18. The fourth-order valence-electron chi connectivity index (χ4n) is 1.27. The smallest absolute Gasteiger partial charge is 0.160 e. The summed E-state index contributed by atoms with van der Waals surface area (Å²) < 4.78 is 18.5. The molecule has 0 amide bonds. The quantitative estimate of drug-likeness (QED) is 0.758. The molecule has 0 radical (unpaired) electrons. The summed E-state index contributed by atoms with van der Waals surface area (Å²) in [5.41, 5.74) is 0.531. The first-order valence-electron chi connectivity index (χ1n) is 4.67. The van der Waals surface area contributed by atoms with Crippen LogP contribution < -0.4 is 4.74 Å². The van der Waals surface area contributed by atoms with Crippen LogP contribution >= 0.6 is 11.3 Å². The van der Waals surface area contributed by atoms with Crippen molar-refractivity contribution in [1.29, 1.82) is 0 Å². The molecule has 0 saturated carbocycles. The van der Waals surface area contributed by atoms with Crippen LogP contribution in [-0.4, -0.2) is 6.29 Å². The molecule has 1 aromatic heterocycles. The van der Waals surface area contributed by atoms with E-state index in [1.807, 2.05) is 0 Å². The maximum atomic E-state index is 13.0. The highest BCUT2D eigenvalue weighted by molar-refractivity contribution is 7.11. The van der Waals surface area contributed by atoms with Crippen LogP contribution in [0, 0.1) is 12.7 Å². The van der Waals surface area contributed by atoms with E-state index in [-0.39, 0.29) is 5.82 Å². The second kappa shape index (κ2) is 4.45. The first-order chi connectivity index (χ1) is 7.69. The van der Waals surface area contributed by atoms with Gasteiger partial charge in [-0.1, -0.05) is 0 Å². The Morgan fingerprint density at radius 2 is 2.12 bits per heavy atom. The van der Waals surface area contributed by atoms with Crippen LogP contribution in [0.25, 0.3) is 0 Å². The van der Waals surface area contributed by atoms with E-state index in [9.17, 15) is 9.18 Å². The van der Waals surface area contributed by atoms with Crippen molar-refractivity contribution in [3.05, 3.63) is 45.9 Å². The number of halogens is 1. The minimum absolute atomic E-state index is 0.258. The number of benzene rings is 1. The number of rotatable bonds is 3. The molecular weight excluding hydrogens is 227 g/mol. The topological polar surface area (TPSA) is 26.3 Å². The zero-order valence-corrected chi connectivity index (χ0v) is 9.38. The summed E-state index contributed by atoms with van der Waals surface area (Å²) in [4.78, 5) is 11.1. The fraction of sp³-hybridized carbons (Fsp3) is 0.0833. The largest absolute Gasteiger partial charge is 0.456 e. The van der Waals surface area contributed by atoms with E-state index in [0.717, 1.165) is 6.29 Å². The number of carbonyl (C=O) groups excluding carboxylic acids is 1. The third-order valence-electron chi connectivity index (χ3n) is 2.08. The first-order valence-corrected chi connectivity index (χ1v) is 5.55. The summed E-state index contributed by atoms with van der Waals surface area (Å²) in [5, 5.41) is 1.74. The number of hydrogen-bond donors (Lipinski definition) is 0. The van der Waals surface area contributed by atoms with Crippen LogP contribution in [-0.2, 0) is 0 Å². The summed E-state index contributed by atoms with van der Waals surface area (Å²) >= 11 is 1.31. The Morgan fingerprint density at radius 3 is 2.75 bits per heavy atom. The lowest BCUT2D eigenvalue weighted by Gasteiger charge is -2.04. The van der Waals surface area contributed by atoms with Crippen LogP contribution in [0.2, 0.25) is 0 Å². The SMILES string of the molecule is Cc1cc(Oc2csc(C=O)c2)ccc1F. The van der Waals surface area contributed by atoms with Crippen LogP contribution in [0.4, 0.5) is 4.39 Å². The van der Waals surface area contributed by atoms with E-state index >= 15 is 0 Å². The normalized spacial score (nSPS) is 10.1. The fourth-order valence-corrected chi connectivity index (χ4v) is 1.87. The van der Waals surface area contributed by atoms with Crippen molar-refractivity contribution in [3.8, 4) is 11.5 Å². The molecule has 4 heteroatoms. The summed E-state index contributed by atoms with van der Waals surface area (Å²) in [5.74, 6) is 0.901. The van der Waals surface area contributed by atoms with Crippen molar-refractivity contribution in [2.24, 2.45) is 0 Å². The lowest BCUT2D eigenvalue weighted by atomic mass is 10.2. The van der Waals surface area contributed by atoms with Gasteiger partial charge in [0.05, 0.1) is 4.88 Å². The van der Waals surface area contributed by atoms with Gasteiger partial charge < -0.3 is 4.74 Å². The van der Waals surface area contributed by atoms with Crippen molar-refractivity contribution in [3.63, 3.8) is 0 Å². The minimum Gasteiger partial charge on any atom is -0.456 e. The van der Waals surface area contributed by atoms with Crippen molar-refractivity contribution < 1.29 is 13.9 Å². The van der Waals surface area contributed by atoms with Gasteiger partial charge in [0.25, 0.3) is 0 Å². The Labute approximate surface area is 96.3 Å². The zero-order valence-electron chi connectivity index (χ0n) is 8.57. The predicted molar refractivity (Wildman–Crippen MR) is 60.9 cm³/mol. The van der Waals surface area contributed by atoms with Gasteiger partial charge in [-0.3, -0.25) is 4.79 Å². The average molecular weight is 236 g/mol. The van der Waals surface area contributed by atoms with Crippen LogP contribution in [0.1, 0.15) is 15.2 Å². The zero-order chi connectivity index (χ0) is 11.5. The molecule has 0 fully saturated rings. The molecule has 82 valence electrons. The van der Waals surface area contributed by atoms with Crippen LogP contribution in [0.3, 0.4) is 0 Å². The molecule has 0 bridgehead atoms. The van der Waals surface area contributed by atoms with Gasteiger partial charge in [-0.05, 0) is 30.7 Å². The molecule has 2 nitrogen and oxygen atoms in total. The van der Waals surface area contributed by atoms with Gasteiger partial charge >= 0.3 is 0 Å². The first kappa shape index (κ1) is 10.8. The molecule has 16 heavy (non-hydrogen) atoms. The molecular formula is C12H9FO2S. The Balaban J connectivity index is 2.20. The standard InChI is InChI=1S/C12H9FO2S/c1-8-4-9(2-3-12(8)13)15-10-5-11(6-14)16-7-10/h2-7H,1H3. The number of carbonyl (C=O) groups is 1. The van der Waals surface area contributed by atoms with Gasteiger partial charge in [0.2, 0.25) is 0 Å². The van der Waals surface area contributed by atoms with E-state index < -0.39 is 0 Å². The molecule has 1 aromatic carbocycles. The lowest BCUT2D eigenvalue weighted by molar-refractivity contribution is 0.112. The van der Waals surface area contributed by atoms with Gasteiger partial charge in [-0.25, -0.2) is 4.39 Å². The van der Waals surface area contributed by atoms with E-state index in [2.05, 4.69) is 0 Å². The molecule has 2 rings (SSSR count). The van der Waals surface area contributed by atoms with Crippen molar-refractivity contribution >= 4 is 17.6 Å². The Kier molecular flexibility index (Phi) is 3.01. The lowest BCUT2D eigenvalue weighted by Crippen LogP contribution is -1.86. The molecule has 0 N–H and O–H groups in total. The molecule has 0 aliphatic rings. The molecule has 1 heterocycles. The number of hydrogen-bond acceptors (Lipinski definition) is 3. The molecule has 0 spiro atoms. The minimum atomic E-state index is -0.258. The average Bonchev–Trinajstić information content (AvgIpc) is 2.71. The Hall–Kier alpha value is -1.68. The Bertz CT molecular complexity index is 519. The van der Waals surface area contributed by atoms with E-state index in [1.165, 1.54) is 17.4 Å². The van der Waals surface area contributed by atoms with Gasteiger partial charge in [-0.15, -0.1) is 11.3 Å². The summed E-state index contributed by atoms with van der Waals surface area (Å²) in [6.45, 7) is 1.67. The number of aldehydes is 1. The molecule has 0 aliphatic carbocycles. The van der Waals surface area contributed by atoms with Crippen LogP contribution in [0.5, 0.6) is 11.5 Å². The highest BCUT2D eigenvalue weighted by Crippen LogP contribution is 2.27. The van der Waals surface area contributed by atoms with Gasteiger partial charge in [-0.2, -0.15) is 0 Å². The van der Waals surface area contributed by atoms with E-state index in [4.69, 9.17) is 4.74 Å². The van der Waals surface area contributed by atoms with Crippen molar-refractivity contribution in [2.45, 2.75) is 6.92 Å². The monoisotopic (exact) mass is 236 g/mol. The third kappa shape index (κ3) is 2.28. The van der Waals surface area contributed by atoms with Gasteiger partial charge in [0.15, 0.2) is 6.29 Å². The number of aryl methyl sites for hydroxylation is 1. The van der Waals surface area contributed by atoms with E-state index in [0.29, 0.717) is 21.9 Å². The van der Waals surface area contributed by atoms with Gasteiger partial charge in [0, 0.05) is 11.4 Å². The molecule has 0 atom stereocenters. The molecule has 0 saturated heterocycles. The highest BCUT2D eigenvalue weighted by Gasteiger charge is 2.03. The third-order valence-corrected chi connectivity index (χ3v) is 2.91. The molecule has 0 aliphatic heterocycles. The maximum absolute atomic E-state index is 13.0. The van der Waals surface area contributed by atoms with Crippen molar-refractivity contribution in [2.75, 3.05) is 0 Å². The maximum Gasteiger partial charge on any atom is 0.160 e. The molecule has 2 aromatic rings. The second-order valence-corrected chi connectivity index (χ2v) is 4.26. The molecule has 0 unspecified atom stereocenters. The Morgan fingerprint density at radius 1 is 1.31 bits per heavy atom. The van der Waals surface area contributed by atoms with Crippen molar-refractivity contribution in [1.82, 2.24) is 0 Å². The summed E-state index contributed by atoms with van der Waals surface area (Å²) in [6.07, 6.45) is 0.771. The highest BCUT2D eigenvalue weighted by atomic mass is 32.1. The number of thiophene rings is 1. The van der Waals surface area contributed by atoms with Crippen LogP contribution in [0.15, 0.2) is 29.6 Å². The predicted octanol–water partition coefficient (Wildman–Crippen LogP) is 3.80. The number of ether oxygens (including phenoxy) is 1. The second-order valence-electron chi connectivity index (χ2n) is 3.32. The summed E-state index contributed by atoms with van der Waals surface area (Å²) in [7, 11) is 0. The van der Waals surface area contributed by atoms with Gasteiger partial charge in [0.1, 0.15) is 17.3 Å².